The van der Waals surface area contributed by atoms with Crippen LogP contribution in [0.5, 0.6) is 0 Å². The van der Waals surface area contributed by atoms with Gasteiger partial charge in [-0.25, -0.2) is 9.78 Å². The van der Waals surface area contributed by atoms with Gasteiger partial charge in [-0.2, -0.15) is 18.2 Å². The number of aliphatic hydroxyl groups is 1. The smallest absolute Gasteiger partial charge is 0.389 e. The van der Waals surface area contributed by atoms with Crippen molar-refractivity contribution in [3.63, 3.8) is 0 Å². The zero-order chi connectivity index (χ0) is 27.6. The predicted octanol–water partition coefficient (Wildman–Crippen LogP) is 4.42. The average Bonchev–Trinajstić information content (AvgIpc) is 3.53. The molecule has 1 aromatic heterocycles. The van der Waals surface area contributed by atoms with Gasteiger partial charge in [-0.1, -0.05) is 6.07 Å². The highest BCUT2D eigenvalue weighted by Gasteiger charge is 2.36. The van der Waals surface area contributed by atoms with E-state index in [1.54, 1.807) is 6.07 Å². The number of benzene rings is 1. The highest BCUT2D eigenvalue weighted by Crippen LogP contribution is 2.32. The second-order valence-electron chi connectivity index (χ2n) is 10.7. The van der Waals surface area contributed by atoms with E-state index in [1.165, 1.54) is 4.90 Å². The number of rotatable bonds is 6. The molecule has 2 aliphatic heterocycles. The van der Waals surface area contributed by atoms with E-state index in [4.69, 9.17) is 14.7 Å². The fourth-order valence-corrected chi connectivity index (χ4v) is 5.55. The molecule has 12 heteroatoms. The maximum Gasteiger partial charge on any atom is 0.389 e. The van der Waals surface area contributed by atoms with Gasteiger partial charge in [0.05, 0.1) is 25.0 Å². The number of hydrogen-bond donors (Lipinski definition) is 3. The number of amides is 2. The van der Waals surface area contributed by atoms with E-state index in [0.29, 0.717) is 63.0 Å². The van der Waals surface area contributed by atoms with Crippen LogP contribution in [0, 0.1) is 12.8 Å². The van der Waals surface area contributed by atoms with Crippen LogP contribution in [0.3, 0.4) is 0 Å². The number of carbonyl (C=O) groups is 1. The van der Waals surface area contributed by atoms with Crippen molar-refractivity contribution in [3.8, 4) is 11.3 Å². The van der Waals surface area contributed by atoms with Crippen LogP contribution in [0.2, 0.25) is 0 Å². The number of halogens is 3. The molecule has 39 heavy (non-hydrogen) atoms. The molecule has 1 aliphatic carbocycles. The van der Waals surface area contributed by atoms with Crippen LogP contribution in [0.4, 0.5) is 35.4 Å². The lowest BCUT2D eigenvalue weighted by Crippen LogP contribution is -2.37. The highest BCUT2D eigenvalue weighted by molar-refractivity contribution is 5.90. The van der Waals surface area contributed by atoms with Crippen LogP contribution < -0.4 is 15.5 Å². The van der Waals surface area contributed by atoms with Crippen LogP contribution in [0.25, 0.3) is 11.3 Å². The SMILES string of the molecule is Cc1ccc(NC(=O)N2CCC(CC(F)(F)F)C2)cc1-c1cc(N2CCOCC2)nc(N[C@@H]2CC[C@H](O)C2)n1. The minimum absolute atomic E-state index is 0.0844. The van der Waals surface area contributed by atoms with Gasteiger partial charge in [0.15, 0.2) is 0 Å². The number of morpholine rings is 1. The molecular weight excluding hydrogens is 513 g/mol. The molecule has 2 aromatic rings. The zero-order valence-electron chi connectivity index (χ0n) is 22.0. The minimum Gasteiger partial charge on any atom is -0.393 e. The van der Waals surface area contributed by atoms with Crippen LogP contribution in [-0.2, 0) is 4.74 Å². The van der Waals surface area contributed by atoms with Crippen molar-refractivity contribution in [3.05, 3.63) is 29.8 Å². The topological polar surface area (TPSA) is 103 Å². The van der Waals surface area contributed by atoms with Gasteiger partial charge in [-0.3, -0.25) is 0 Å². The first-order valence-corrected chi connectivity index (χ1v) is 13.5. The maximum absolute atomic E-state index is 12.9. The van der Waals surface area contributed by atoms with Crippen LogP contribution in [-0.4, -0.2) is 83.7 Å². The Morgan fingerprint density at radius 3 is 2.64 bits per heavy atom. The molecule has 1 saturated carbocycles. The van der Waals surface area contributed by atoms with E-state index in [0.717, 1.165) is 29.8 Å². The number of hydrogen-bond acceptors (Lipinski definition) is 7. The highest BCUT2D eigenvalue weighted by atomic mass is 19.4. The number of alkyl halides is 3. The molecule has 0 spiro atoms. The molecule has 0 bridgehead atoms. The number of aromatic nitrogens is 2. The molecule has 3 atom stereocenters. The molecular formula is C27H35F3N6O3. The average molecular weight is 549 g/mol. The summed E-state index contributed by atoms with van der Waals surface area (Å²) in [6, 6.07) is 7.11. The molecule has 3 fully saturated rings. The van der Waals surface area contributed by atoms with Gasteiger partial charge in [-0.05, 0) is 56.2 Å². The van der Waals surface area contributed by atoms with Crippen molar-refractivity contribution in [1.29, 1.82) is 0 Å². The van der Waals surface area contributed by atoms with Crippen LogP contribution in [0.1, 0.15) is 37.7 Å². The number of likely N-dealkylation sites (tertiary alicyclic amines) is 1. The Morgan fingerprint density at radius 1 is 1.13 bits per heavy atom. The molecule has 2 amide bonds. The van der Waals surface area contributed by atoms with Gasteiger partial charge < -0.3 is 30.3 Å². The minimum atomic E-state index is -4.23. The summed E-state index contributed by atoms with van der Waals surface area (Å²) in [6.07, 6.45) is -2.88. The lowest BCUT2D eigenvalue weighted by molar-refractivity contribution is -0.143. The predicted molar refractivity (Wildman–Crippen MR) is 142 cm³/mol. The number of ether oxygens (including phenoxy) is 1. The Balaban J connectivity index is 1.36. The molecule has 9 nitrogen and oxygen atoms in total. The van der Waals surface area contributed by atoms with Gasteiger partial charge in [-0.15, -0.1) is 0 Å². The number of nitrogens with zero attached hydrogens (tertiary/aromatic N) is 4. The lowest BCUT2D eigenvalue weighted by Gasteiger charge is -2.28. The van der Waals surface area contributed by atoms with Gasteiger partial charge in [0.2, 0.25) is 5.95 Å². The molecule has 2 saturated heterocycles. The quantitative estimate of drug-likeness (QED) is 0.491. The summed E-state index contributed by atoms with van der Waals surface area (Å²) in [7, 11) is 0. The Labute approximate surface area is 225 Å². The van der Waals surface area contributed by atoms with E-state index in [9.17, 15) is 23.1 Å². The zero-order valence-corrected chi connectivity index (χ0v) is 22.0. The van der Waals surface area contributed by atoms with E-state index in [2.05, 4.69) is 15.5 Å². The molecule has 0 radical (unpaired) electrons. The molecule has 3 aliphatic rings. The molecule has 3 heterocycles. The largest absolute Gasteiger partial charge is 0.393 e. The molecule has 212 valence electrons. The molecule has 1 aromatic carbocycles. The van der Waals surface area contributed by atoms with E-state index >= 15 is 0 Å². The monoisotopic (exact) mass is 548 g/mol. The number of urea groups is 1. The van der Waals surface area contributed by atoms with E-state index in [-0.39, 0.29) is 18.7 Å². The van der Waals surface area contributed by atoms with Crippen molar-refractivity contribution in [2.24, 2.45) is 5.92 Å². The standard InChI is InChI=1S/C27H35F3N6O3/c1-17-2-3-20(32-26(38)36-7-6-18(16-36)15-27(28,29)30)13-22(17)23-14-24(35-8-10-39-11-9-35)34-25(33-23)31-19-4-5-21(37)12-19/h2-3,13-14,18-19,21,37H,4-12,15-16H2,1H3,(H,32,38)(H,31,33,34)/t18?,19-,21+/m1/s1. The molecule has 3 N–H and O–H groups in total. The second kappa shape index (κ2) is 11.5. The number of aryl methyl sites for hydroxylation is 1. The van der Waals surface area contributed by atoms with E-state index in [1.807, 2.05) is 25.1 Å². The molecule has 1 unspecified atom stereocenters. The third kappa shape index (κ3) is 7.10. The Hall–Kier alpha value is -3.12. The fourth-order valence-electron chi connectivity index (χ4n) is 5.55. The van der Waals surface area contributed by atoms with Gasteiger partial charge in [0.25, 0.3) is 0 Å². The molecule has 5 rings (SSSR count). The normalized spacial score (nSPS) is 23.8. The van der Waals surface area contributed by atoms with Gasteiger partial charge in [0.1, 0.15) is 5.82 Å². The van der Waals surface area contributed by atoms with Gasteiger partial charge in [0, 0.05) is 56.0 Å². The number of nitrogens with one attached hydrogen (secondary N) is 2. The summed E-state index contributed by atoms with van der Waals surface area (Å²) in [5, 5.41) is 16.2. The van der Waals surface area contributed by atoms with Crippen molar-refractivity contribution in [2.75, 3.05) is 54.9 Å². The number of anilines is 3. The number of aliphatic hydroxyl groups excluding tert-OH is 1. The summed E-state index contributed by atoms with van der Waals surface area (Å²) in [6.45, 7) is 4.97. The lowest BCUT2D eigenvalue weighted by atomic mass is 10.0. The summed E-state index contributed by atoms with van der Waals surface area (Å²) in [5.41, 5.74) is 3.00. The Morgan fingerprint density at radius 2 is 1.92 bits per heavy atom. The Kier molecular flexibility index (Phi) is 8.13. The first kappa shape index (κ1) is 27.4. The van der Waals surface area contributed by atoms with Gasteiger partial charge >= 0.3 is 12.2 Å². The summed E-state index contributed by atoms with van der Waals surface area (Å²) in [4.78, 5) is 26.0. The first-order valence-electron chi connectivity index (χ1n) is 13.5. The summed E-state index contributed by atoms with van der Waals surface area (Å²) in [5.74, 6) is 0.677. The number of carbonyl (C=O) groups excluding carboxylic acids is 1. The third-order valence-electron chi connectivity index (χ3n) is 7.64. The van der Waals surface area contributed by atoms with Crippen LogP contribution >= 0.6 is 0 Å². The van der Waals surface area contributed by atoms with Crippen LogP contribution in [0.15, 0.2) is 24.3 Å². The second-order valence-corrected chi connectivity index (χ2v) is 10.7. The van der Waals surface area contributed by atoms with Crippen molar-refractivity contribution < 1.29 is 27.8 Å². The third-order valence-corrected chi connectivity index (χ3v) is 7.64. The summed E-state index contributed by atoms with van der Waals surface area (Å²) >= 11 is 0. The van der Waals surface area contributed by atoms with Crippen molar-refractivity contribution >= 4 is 23.5 Å². The first-order chi connectivity index (χ1) is 18.6. The fraction of sp³-hybridized carbons (Fsp3) is 0.593. The van der Waals surface area contributed by atoms with Crippen molar-refractivity contribution in [1.82, 2.24) is 14.9 Å². The Bertz CT molecular complexity index is 1170. The van der Waals surface area contributed by atoms with Crippen molar-refractivity contribution in [2.45, 2.75) is 57.3 Å². The summed E-state index contributed by atoms with van der Waals surface area (Å²) < 4.78 is 43.8. The van der Waals surface area contributed by atoms with E-state index < -0.39 is 24.5 Å². The maximum atomic E-state index is 12.9.